The molecule has 0 fully saturated rings. The Bertz CT molecular complexity index is 209. The van der Waals surface area contributed by atoms with Gasteiger partial charge < -0.3 is 15.2 Å². The van der Waals surface area contributed by atoms with Gasteiger partial charge >= 0.3 is 11.9 Å². The zero-order valence-corrected chi connectivity index (χ0v) is 6.99. The molecule has 0 amide bonds. The van der Waals surface area contributed by atoms with E-state index in [9.17, 15) is 9.59 Å². The number of nitrogens with two attached hydrogens (primary N) is 1. The van der Waals surface area contributed by atoms with Gasteiger partial charge in [-0.05, 0) is 0 Å². The van der Waals surface area contributed by atoms with Crippen LogP contribution in [0.2, 0.25) is 0 Å². The molecule has 0 aromatic carbocycles. The van der Waals surface area contributed by atoms with E-state index in [1.807, 2.05) is 0 Å². The fraction of sp³-hybridized carbons (Fsp3) is 0.429. The molecule has 12 heavy (non-hydrogen) atoms. The summed E-state index contributed by atoms with van der Waals surface area (Å²) >= 11 is 0. The maximum atomic E-state index is 10.6. The lowest BCUT2D eigenvalue weighted by Gasteiger charge is -1.98. The predicted octanol–water partition coefficient (Wildman–Crippen LogP) is -0.435. The molecule has 68 valence electrons. The number of hydrogen-bond acceptors (Lipinski definition) is 5. The van der Waals surface area contributed by atoms with Crippen molar-refractivity contribution in [2.24, 2.45) is 5.73 Å². The monoisotopic (exact) mass is 173 g/mol. The summed E-state index contributed by atoms with van der Waals surface area (Å²) in [6.07, 6.45) is 0.933. The average Bonchev–Trinajstić information content (AvgIpc) is 2.03. The molecular weight excluding hydrogens is 162 g/mol. The van der Waals surface area contributed by atoms with E-state index >= 15 is 0 Å². The van der Waals surface area contributed by atoms with Crippen molar-refractivity contribution in [2.75, 3.05) is 14.2 Å². The van der Waals surface area contributed by atoms with Crippen LogP contribution in [0, 0.1) is 0 Å². The van der Waals surface area contributed by atoms with E-state index in [1.54, 1.807) is 0 Å². The Morgan fingerprint density at radius 1 is 1.33 bits per heavy atom. The Hall–Kier alpha value is -1.52. The lowest BCUT2D eigenvalue weighted by atomic mass is 10.3. The van der Waals surface area contributed by atoms with Gasteiger partial charge in [0, 0.05) is 11.8 Å². The molecule has 5 heteroatoms. The summed E-state index contributed by atoms with van der Waals surface area (Å²) in [4.78, 5) is 21.2. The van der Waals surface area contributed by atoms with Crippen LogP contribution in [-0.4, -0.2) is 26.2 Å². The Labute approximate surface area is 70.1 Å². The molecule has 0 aliphatic rings. The molecular formula is C7H11NO4. The summed E-state index contributed by atoms with van der Waals surface area (Å²) in [6.45, 7) is 0. The number of esters is 2. The quantitative estimate of drug-likeness (QED) is 0.462. The zero-order chi connectivity index (χ0) is 9.56. The largest absolute Gasteiger partial charge is 0.469 e. The minimum atomic E-state index is -0.587. The molecule has 0 aliphatic heterocycles. The summed E-state index contributed by atoms with van der Waals surface area (Å²) in [5.41, 5.74) is 5.41. The van der Waals surface area contributed by atoms with E-state index in [2.05, 4.69) is 9.47 Å². The summed E-state index contributed by atoms with van der Waals surface area (Å²) in [5, 5.41) is 0. The Kier molecular flexibility index (Phi) is 4.52. The van der Waals surface area contributed by atoms with Gasteiger partial charge in [-0.2, -0.15) is 0 Å². The third-order valence-electron chi connectivity index (χ3n) is 1.08. The van der Waals surface area contributed by atoms with Crippen molar-refractivity contribution in [1.29, 1.82) is 0 Å². The van der Waals surface area contributed by atoms with Gasteiger partial charge in [0.2, 0.25) is 0 Å². The topological polar surface area (TPSA) is 78.6 Å². The zero-order valence-electron chi connectivity index (χ0n) is 6.99. The highest BCUT2D eigenvalue weighted by Crippen LogP contribution is 1.94. The Balaban J connectivity index is 4.02. The van der Waals surface area contributed by atoms with E-state index in [0.29, 0.717) is 0 Å². The van der Waals surface area contributed by atoms with Crippen LogP contribution < -0.4 is 5.73 Å². The van der Waals surface area contributed by atoms with Crippen LogP contribution >= 0.6 is 0 Å². The van der Waals surface area contributed by atoms with Crippen LogP contribution in [0.3, 0.4) is 0 Å². The van der Waals surface area contributed by atoms with E-state index in [1.165, 1.54) is 14.2 Å². The molecule has 0 aromatic rings. The van der Waals surface area contributed by atoms with Crippen molar-refractivity contribution in [3.05, 3.63) is 11.8 Å². The van der Waals surface area contributed by atoms with Gasteiger partial charge in [0.05, 0.1) is 20.6 Å². The standard InChI is InChI=1S/C7H11NO4/c1-11-6(9)3-5(8)4-7(10)12-2/h3H,4,8H2,1-2H3/b5-3-. The Morgan fingerprint density at radius 2 is 1.92 bits per heavy atom. The van der Waals surface area contributed by atoms with Crippen molar-refractivity contribution in [3.8, 4) is 0 Å². The smallest absolute Gasteiger partial charge is 0.332 e. The van der Waals surface area contributed by atoms with Crippen molar-refractivity contribution in [1.82, 2.24) is 0 Å². The predicted molar refractivity (Wildman–Crippen MR) is 40.9 cm³/mol. The molecule has 0 bridgehead atoms. The molecule has 2 N–H and O–H groups in total. The number of methoxy groups -OCH3 is 2. The Morgan fingerprint density at radius 3 is 2.33 bits per heavy atom. The van der Waals surface area contributed by atoms with E-state index in [4.69, 9.17) is 5.73 Å². The molecule has 0 unspecified atom stereocenters. The summed E-state index contributed by atoms with van der Waals surface area (Å²) in [5.74, 6) is -1.08. The average molecular weight is 173 g/mol. The van der Waals surface area contributed by atoms with E-state index < -0.39 is 11.9 Å². The SMILES string of the molecule is COC(=O)/C=C(\N)CC(=O)OC. The molecule has 0 heterocycles. The lowest BCUT2D eigenvalue weighted by Crippen LogP contribution is -2.10. The number of ether oxygens (including phenoxy) is 2. The van der Waals surface area contributed by atoms with Crippen molar-refractivity contribution in [3.63, 3.8) is 0 Å². The van der Waals surface area contributed by atoms with Gasteiger partial charge in [0.25, 0.3) is 0 Å². The summed E-state index contributed by atoms with van der Waals surface area (Å²) in [6, 6.07) is 0. The first-order valence-electron chi connectivity index (χ1n) is 3.21. The van der Waals surface area contributed by atoms with Crippen LogP contribution in [0.25, 0.3) is 0 Å². The second-order valence-electron chi connectivity index (χ2n) is 2.00. The fourth-order valence-electron chi connectivity index (χ4n) is 0.500. The van der Waals surface area contributed by atoms with Crippen LogP contribution in [-0.2, 0) is 19.1 Å². The van der Waals surface area contributed by atoms with Gasteiger partial charge in [-0.15, -0.1) is 0 Å². The molecule has 0 spiro atoms. The molecule has 0 saturated heterocycles. The summed E-state index contributed by atoms with van der Waals surface area (Å²) < 4.78 is 8.61. The third kappa shape index (κ3) is 4.32. The molecule has 5 nitrogen and oxygen atoms in total. The fourth-order valence-corrected chi connectivity index (χ4v) is 0.500. The van der Waals surface area contributed by atoms with Crippen LogP contribution in [0.4, 0.5) is 0 Å². The van der Waals surface area contributed by atoms with E-state index in [0.717, 1.165) is 6.08 Å². The van der Waals surface area contributed by atoms with Gasteiger partial charge in [-0.1, -0.05) is 0 Å². The third-order valence-corrected chi connectivity index (χ3v) is 1.08. The first kappa shape index (κ1) is 10.5. The normalized spacial score (nSPS) is 10.7. The number of hydrogen-bond donors (Lipinski definition) is 1. The lowest BCUT2D eigenvalue weighted by molar-refractivity contribution is -0.139. The van der Waals surface area contributed by atoms with Crippen molar-refractivity contribution < 1.29 is 19.1 Å². The minimum Gasteiger partial charge on any atom is -0.469 e. The molecule has 0 atom stereocenters. The van der Waals surface area contributed by atoms with Crippen molar-refractivity contribution >= 4 is 11.9 Å². The van der Waals surface area contributed by atoms with Crippen LogP contribution in [0.15, 0.2) is 11.8 Å². The summed E-state index contributed by atoms with van der Waals surface area (Å²) in [7, 11) is 2.47. The highest BCUT2D eigenvalue weighted by molar-refractivity contribution is 5.84. The van der Waals surface area contributed by atoms with Gasteiger partial charge in [-0.25, -0.2) is 4.79 Å². The number of rotatable bonds is 3. The van der Waals surface area contributed by atoms with Gasteiger partial charge in [0.1, 0.15) is 0 Å². The highest BCUT2D eigenvalue weighted by Gasteiger charge is 2.03. The molecule has 0 aliphatic carbocycles. The van der Waals surface area contributed by atoms with Crippen molar-refractivity contribution in [2.45, 2.75) is 6.42 Å². The van der Waals surface area contributed by atoms with Gasteiger partial charge in [0.15, 0.2) is 0 Å². The highest BCUT2D eigenvalue weighted by atomic mass is 16.5. The first-order chi connectivity index (χ1) is 5.60. The molecule has 0 saturated carbocycles. The number of carbonyl (C=O) groups excluding carboxylic acids is 2. The first-order valence-corrected chi connectivity index (χ1v) is 3.21. The number of carbonyl (C=O) groups is 2. The molecule has 0 rings (SSSR count). The second-order valence-corrected chi connectivity index (χ2v) is 2.00. The molecule has 0 aromatic heterocycles. The molecule has 0 radical (unpaired) electrons. The van der Waals surface area contributed by atoms with E-state index in [-0.39, 0.29) is 12.1 Å². The maximum absolute atomic E-state index is 10.6. The van der Waals surface area contributed by atoms with Crippen LogP contribution in [0.1, 0.15) is 6.42 Å². The maximum Gasteiger partial charge on any atom is 0.332 e. The second kappa shape index (κ2) is 5.17. The minimum absolute atomic E-state index is 0.106. The van der Waals surface area contributed by atoms with Crippen LogP contribution in [0.5, 0.6) is 0 Å². The van der Waals surface area contributed by atoms with Gasteiger partial charge in [-0.3, -0.25) is 4.79 Å².